The summed E-state index contributed by atoms with van der Waals surface area (Å²) < 4.78 is 0. The number of hydrogen-bond donors (Lipinski definition) is 1. The van der Waals surface area contributed by atoms with Crippen LogP contribution in [0.4, 0.5) is 5.69 Å². The van der Waals surface area contributed by atoms with Crippen molar-refractivity contribution < 1.29 is 0 Å². The lowest BCUT2D eigenvalue weighted by Gasteiger charge is -2.21. The van der Waals surface area contributed by atoms with Gasteiger partial charge < -0.3 is 5.32 Å². The maximum atomic E-state index is 6.32. The number of hydrogen-bond acceptors (Lipinski definition) is 2. The molecule has 1 N–H and O–H groups in total. The van der Waals surface area contributed by atoms with Gasteiger partial charge in [0.05, 0.1) is 15.6 Å². The molecule has 94 valence electrons. The van der Waals surface area contributed by atoms with E-state index in [1.807, 2.05) is 19.2 Å². The molecule has 0 radical (unpaired) electrons. The summed E-state index contributed by atoms with van der Waals surface area (Å²) >= 11 is 12.6. The summed E-state index contributed by atoms with van der Waals surface area (Å²) in [6, 6.07) is 3.65. The van der Waals surface area contributed by atoms with Crippen LogP contribution in [0.15, 0.2) is 12.1 Å². The maximum Gasteiger partial charge on any atom is 0.0927 e. The second kappa shape index (κ2) is 4.60. The molecule has 0 atom stereocenters. The minimum atomic E-state index is 0.666. The number of halogens is 2. The predicted octanol–water partition coefficient (Wildman–Crippen LogP) is 4.46. The van der Waals surface area contributed by atoms with Crippen molar-refractivity contribution in [2.24, 2.45) is 0 Å². The zero-order valence-corrected chi connectivity index (χ0v) is 11.7. The van der Waals surface area contributed by atoms with Gasteiger partial charge >= 0.3 is 0 Å². The quantitative estimate of drug-likeness (QED) is 0.834. The molecule has 1 aliphatic carbocycles. The van der Waals surface area contributed by atoms with E-state index in [-0.39, 0.29) is 0 Å². The molecule has 18 heavy (non-hydrogen) atoms. The molecule has 0 aliphatic heterocycles. The van der Waals surface area contributed by atoms with E-state index < -0.39 is 0 Å². The molecule has 0 amide bonds. The third kappa shape index (κ3) is 1.75. The fourth-order valence-electron chi connectivity index (χ4n) is 2.73. The molecule has 0 unspecified atom stereocenters. The summed E-state index contributed by atoms with van der Waals surface area (Å²) in [5.41, 5.74) is 4.39. The number of rotatable bonds is 1. The highest BCUT2D eigenvalue weighted by Gasteiger charge is 2.20. The second-order valence-electron chi connectivity index (χ2n) is 4.62. The third-order valence-electron chi connectivity index (χ3n) is 3.57. The van der Waals surface area contributed by atoms with Crippen LogP contribution < -0.4 is 5.32 Å². The van der Waals surface area contributed by atoms with E-state index in [1.165, 1.54) is 24.1 Å². The Bertz CT molecular complexity index is 623. The van der Waals surface area contributed by atoms with Gasteiger partial charge in [-0.15, -0.1) is 0 Å². The van der Waals surface area contributed by atoms with Crippen molar-refractivity contribution in [2.45, 2.75) is 25.7 Å². The van der Waals surface area contributed by atoms with Gasteiger partial charge in [0.1, 0.15) is 0 Å². The van der Waals surface area contributed by atoms with Crippen molar-refractivity contribution in [1.82, 2.24) is 4.98 Å². The van der Waals surface area contributed by atoms with Gasteiger partial charge in [0, 0.05) is 23.8 Å². The van der Waals surface area contributed by atoms with Gasteiger partial charge in [-0.1, -0.05) is 23.2 Å². The highest BCUT2D eigenvalue weighted by atomic mass is 35.5. The van der Waals surface area contributed by atoms with E-state index in [0.29, 0.717) is 10.0 Å². The fourth-order valence-corrected chi connectivity index (χ4v) is 3.18. The Morgan fingerprint density at radius 2 is 1.83 bits per heavy atom. The van der Waals surface area contributed by atoms with Gasteiger partial charge in [-0.2, -0.15) is 0 Å². The van der Waals surface area contributed by atoms with E-state index >= 15 is 0 Å². The lowest BCUT2D eigenvalue weighted by Crippen LogP contribution is -2.09. The molecule has 0 saturated heterocycles. The van der Waals surface area contributed by atoms with Crippen LogP contribution in [0.3, 0.4) is 0 Å². The first kappa shape index (κ1) is 12.1. The molecule has 3 rings (SSSR count). The van der Waals surface area contributed by atoms with Gasteiger partial charge in [-0.3, -0.25) is 4.98 Å². The van der Waals surface area contributed by atoms with Crippen molar-refractivity contribution in [3.05, 3.63) is 33.4 Å². The van der Waals surface area contributed by atoms with Gasteiger partial charge in [0.15, 0.2) is 0 Å². The van der Waals surface area contributed by atoms with E-state index in [4.69, 9.17) is 28.2 Å². The number of nitrogens with zero attached hydrogens (tertiary/aromatic N) is 1. The van der Waals surface area contributed by atoms with Crippen LogP contribution in [-0.2, 0) is 12.8 Å². The molecule has 4 heteroatoms. The highest BCUT2D eigenvalue weighted by molar-refractivity contribution is 6.41. The largest absolute Gasteiger partial charge is 0.387 e. The molecule has 0 spiro atoms. The van der Waals surface area contributed by atoms with E-state index in [9.17, 15) is 0 Å². The molecule has 0 bridgehead atoms. The van der Waals surface area contributed by atoms with Crippen LogP contribution in [0, 0.1) is 0 Å². The Kier molecular flexibility index (Phi) is 3.08. The number of fused-ring (bicyclic) bond motifs is 2. The highest BCUT2D eigenvalue weighted by Crippen LogP contribution is 2.39. The summed E-state index contributed by atoms with van der Waals surface area (Å²) in [6.45, 7) is 0. The van der Waals surface area contributed by atoms with Gasteiger partial charge in [-0.25, -0.2) is 0 Å². The normalized spacial score (nSPS) is 14.6. The molecule has 2 nitrogen and oxygen atoms in total. The summed E-state index contributed by atoms with van der Waals surface area (Å²) in [5.74, 6) is 0. The van der Waals surface area contributed by atoms with Crippen molar-refractivity contribution in [1.29, 1.82) is 0 Å². The van der Waals surface area contributed by atoms with Crippen molar-refractivity contribution in [3.63, 3.8) is 0 Å². The lowest BCUT2D eigenvalue weighted by molar-refractivity contribution is 0.672. The van der Waals surface area contributed by atoms with Crippen molar-refractivity contribution in [3.8, 4) is 0 Å². The Labute approximate surface area is 116 Å². The zero-order chi connectivity index (χ0) is 12.7. The van der Waals surface area contributed by atoms with Crippen molar-refractivity contribution in [2.75, 3.05) is 12.4 Å². The molecule has 1 aromatic heterocycles. The van der Waals surface area contributed by atoms with Crippen LogP contribution in [0.1, 0.15) is 24.1 Å². The molecular formula is C14H14Cl2N2. The average Bonchev–Trinajstić information content (AvgIpc) is 2.41. The van der Waals surface area contributed by atoms with Crippen LogP contribution in [-0.4, -0.2) is 12.0 Å². The second-order valence-corrected chi connectivity index (χ2v) is 5.44. The van der Waals surface area contributed by atoms with Gasteiger partial charge in [0.2, 0.25) is 0 Å². The number of aryl methyl sites for hydroxylation is 1. The van der Waals surface area contributed by atoms with E-state index in [0.717, 1.165) is 29.4 Å². The number of nitrogens with one attached hydrogen (secondary N) is 1. The Morgan fingerprint density at radius 3 is 2.61 bits per heavy atom. The molecule has 1 aliphatic rings. The molecule has 0 saturated carbocycles. The van der Waals surface area contributed by atoms with E-state index in [2.05, 4.69) is 5.32 Å². The molecule has 2 aromatic rings. The Hall–Kier alpha value is -0.990. The maximum absolute atomic E-state index is 6.32. The number of benzene rings is 1. The Balaban J connectivity index is 2.44. The van der Waals surface area contributed by atoms with Gasteiger partial charge in [0.25, 0.3) is 0 Å². The smallest absolute Gasteiger partial charge is 0.0927 e. The SMILES string of the molecule is CNc1c2c(nc3c(Cl)ccc(Cl)c13)CCCC2. The zero-order valence-electron chi connectivity index (χ0n) is 10.2. The molecule has 0 fully saturated rings. The van der Waals surface area contributed by atoms with E-state index in [1.54, 1.807) is 0 Å². The number of anilines is 1. The molecular weight excluding hydrogens is 267 g/mol. The minimum Gasteiger partial charge on any atom is -0.387 e. The first-order chi connectivity index (χ1) is 8.72. The average molecular weight is 281 g/mol. The fraction of sp³-hybridized carbons (Fsp3) is 0.357. The Morgan fingerprint density at radius 1 is 1.11 bits per heavy atom. The summed E-state index contributed by atoms with van der Waals surface area (Å²) in [7, 11) is 1.93. The summed E-state index contributed by atoms with van der Waals surface area (Å²) in [6.07, 6.45) is 4.51. The van der Waals surface area contributed by atoms with Crippen LogP contribution in [0.5, 0.6) is 0 Å². The lowest BCUT2D eigenvalue weighted by atomic mass is 9.92. The van der Waals surface area contributed by atoms with Crippen LogP contribution in [0.25, 0.3) is 10.9 Å². The van der Waals surface area contributed by atoms with Crippen molar-refractivity contribution >= 4 is 39.8 Å². The molecule has 1 heterocycles. The first-order valence-electron chi connectivity index (χ1n) is 6.19. The predicted molar refractivity (Wildman–Crippen MR) is 78.0 cm³/mol. The standard InChI is InChI=1S/C14H14Cl2N2/c1-17-13-8-4-2-3-5-11(8)18-14-10(16)7-6-9(15)12(13)14/h6-7H,2-5H2,1H3,(H,17,18). The minimum absolute atomic E-state index is 0.666. The number of aromatic nitrogens is 1. The topological polar surface area (TPSA) is 24.9 Å². The molecule has 1 aromatic carbocycles. The van der Waals surface area contributed by atoms with Crippen LogP contribution >= 0.6 is 23.2 Å². The number of pyridine rings is 1. The summed E-state index contributed by atoms with van der Waals surface area (Å²) in [4.78, 5) is 4.73. The third-order valence-corrected chi connectivity index (χ3v) is 4.19. The summed E-state index contributed by atoms with van der Waals surface area (Å²) in [5, 5.41) is 5.61. The van der Waals surface area contributed by atoms with Crippen LogP contribution in [0.2, 0.25) is 10.0 Å². The monoisotopic (exact) mass is 280 g/mol. The van der Waals surface area contributed by atoms with Gasteiger partial charge in [-0.05, 0) is 43.4 Å². The first-order valence-corrected chi connectivity index (χ1v) is 6.95.